The molecule has 182 valence electrons. The zero-order valence-corrected chi connectivity index (χ0v) is 19.9. The predicted octanol–water partition coefficient (Wildman–Crippen LogP) is 6.31. The van der Waals surface area contributed by atoms with Crippen molar-refractivity contribution in [2.75, 3.05) is 6.54 Å². The number of nitrogens with one attached hydrogen (secondary N) is 1. The lowest BCUT2D eigenvalue weighted by atomic mass is 9.44. The Morgan fingerprint density at radius 1 is 1.06 bits per heavy atom. The van der Waals surface area contributed by atoms with Crippen LogP contribution in [-0.2, 0) is 9.59 Å². The molecule has 0 aromatic rings. The average Bonchev–Trinajstić information content (AvgIpc) is 3.08. The van der Waals surface area contributed by atoms with Crippen molar-refractivity contribution < 1.29 is 22.8 Å². The average molecular weight is 456 g/mol. The Morgan fingerprint density at radius 2 is 1.78 bits per heavy atom. The summed E-state index contributed by atoms with van der Waals surface area (Å²) in [6, 6.07) is 0. The van der Waals surface area contributed by atoms with Crippen molar-refractivity contribution in [3.63, 3.8) is 0 Å². The molecule has 0 aliphatic heterocycles. The van der Waals surface area contributed by atoms with Crippen molar-refractivity contribution in [1.29, 1.82) is 0 Å². The molecule has 8 atom stereocenters. The zero-order chi connectivity index (χ0) is 23.3. The molecule has 1 N–H and O–H groups in total. The number of ketones is 1. The minimum Gasteiger partial charge on any atom is -0.347 e. The predicted molar refractivity (Wildman–Crippen MR) is 118 cm³/mol. The maximum Gasteiger partial charge on any atom is 0.405 e. The Balaban J connectivity index is 1.38. The molecule has 4 fully saturated rings. The summed E-state index contributed by atoms with van der Waals surface area (Å²) >= 11 is 0. The Morgan fingerprint density at radius 3 is 2.50 bits per heavy atom. The molecule has 0 aromatic heterocycles. The highest BCUT2D eigenvalue weighted by Gasteiger charge is 2.60. The molecule has 4 aliphatic carbocycles. The first-order chi connectivity index (χ1) is 14.9. The first-order valence-electron chi connectivity index (χ1n) is 12.8. The largest absolute Gasteiger partial charge is 0.405 e. The van der Waals surface area contributed by atoms with E-state index in [1.54, 1.807) is 0 Å². The topological polar surface area (TPSA) is 46.2 Å². The highest BCUT2D eigenvalue weighted by Crippen LogP contribution is 2.68. The normalized spacial score (nSPS) is 42.6. The van der Waals surface area contributed by atoms with Gasteiger partial charge in [0.05, 0.1) is 0 Å². The summed E-state index contributed by atoms with van der Waals surface area (Å²) < 4.78 is 37.1. The summed E-state index contributed by atoms with van der Waals surface area (Å²) in [6.07, 6.45) is 6.41. The van der Waals surface area contributed by atoms with Crippen LogP contribution in [0.5, 0.6) is 0 Å². The zero-order valence-electron chi connectivity index (χ0n) is 19.9. The van der Waals surface area contributed by atoms with Crippen molar-refractivity contribution in [3.8, 4) is 0 Å². The Labute approximate surface area is 190 Å². The fourth-order valence-corrected chi connectivity index (χ4v) is 8.87. The Bertz CT molecular complexity index is 737. The Hall–Kier alpha value is -1.07. The Kier molecular flexibility index (Phi) is 6.48. The molecule has 3 nitrogen and oxygen atoms in total. The van der Waals surface area contributed by atoms with Crippen LogP contribution < -0.4 is 5.32 Å². The second-order valence-electron chi connectivity index (χ2n) is 12.0. The van der Waals surface area contributed by atoms with Crippen molar-refractivity contribution in [3.05, 3.63) is 0 Å². The van der Waals surface area contributed by atoms with Crippen LogP contribution >= 0.6 is 0 Å². The molecule has 0 spiro atoms. The van der Waals surface area contributed by atoms with Crippen LogP contribution in [0.3, 0.4) is 0 Å². The molecule has 0 saturated heterocycles. The van der Waals surface area contributed by atoms with E-state index in [0.29, 0.717) is 41.3 Å². The highest BCUT2D eigenvalue weighted by atomic mass is 19.4. The van der Waals surface area contributed by atoms with E-state index >= 15 is 0 Å². The van der Waals surface area contributed by atoms with Gasteiger partial charge < -0.3 is 5.32 Å². The smallest absolute Gasteiger partial charge is 0.347 e. The lowest BCUT2D eigenvalue weighted by Crippen LogP contribution is -2.53. The van der Waals surface area contributed by atoms with Crippen LogP contribution in [0, 0.1) is 46.3 Å². The molecule has 0 heterocycles. The molecule has 6 heteroatoms. The quantitative estimate of drug-likeness (QED) is 0.528. The van der Waals surface area contributed by atoms with Gasteiger partial charge in [-0.3, -0.25) is 9.59 Å². The fourth-order valence-electron chi connectivity index (χ4n) is 8.87. The van der Waals surface area contributed by atoms with Gasteiger partial charge in [0.2, 0.25) is 5.91 Å². The molecule has 32 heavy (non-hydrogen) atoms. The summed E-state index contributed by atoms with van der Waals surface area (Å²) in [5.41, 5.74) is 0.592. The number of hydrogen-bond acceptors (Lipinski definition) is 2. The number of Topliss-reactive ketones (excluding diaryl/α,β-unsaturated/α-hetero) is 1. The summed E-state index contributed by atoms with van der Waals surface area (Å²) in [5.74, 6) is 3.62. The van der Waals surface area contributed by atoms with Crippen molar-refractivity contribution in [1.82, 2.24) is 5.32 Å². The van der Waals surface area contributed by atoms with E-state index in [2.05, 4.69) is 20.8 Å². The lowest BCUT2D eigenvalue weighted by Gasteiger charge is -2.60. The van der Waals surface area contributed by atoms with Crippen molar-refractivity contribution in [2.24, 2.45) is 46.3 Å². The number of carbonyl (C=O) groups excluding carboxylic acids is 2. The second kappa shape index (κ2) is 8.61. The number of carbonyl (C=O) groups is 2. The monoisotopic (exact) mass is 455 g/mol. The summed E-state index contributed by atoms with van der Waals surface area (Å²) in [4.78, 5) is 24.0. The molecule has 1 amide bonds. The first kappa shape index (κ1) is 24.1. The van der Waals surface area contributed by atoms with Gasteiger partial charge in [-0.2, -0.15) is 13.2 Å². The van der Waals surface area contributed by atoms with E-state index in [1.165, 1.54) is 38.5 Å². The van der Waals surface area contributed by atoms with Gasteiger partial charge in [0.15, 0.2) is 0 Å². The van der Waals surface area contributed by atoms with Crippen molar-refractivity contribution >= 4 is 11.7 Å². The third-order valence-electron chi connectivity index (χ3n) is 10.6. The van der Waals surface area contributed by atoms with E-state index < -0.39 is 18.6 Å². The summed E-state index contributed by atoms with van der Waals surface area (Å²) in [5, 5.41) is 2.02. The fraction of sp³-hybridized carbons (Fsp3) is 0.923. The summed E-state index contributed by atoms with van der Waals surface area (Å²) in [7, 11) is 0. The molecular weight excluding hydrogens is 415 g/mol. The highest BCUT2D eigenvalue weighted by molar-refractivity contribution is 5.79. The van der Waals surface area contributed by atoms with Gasteiger partial charge in [-0.15, -0.1) is 0 Å². The number of fused-ring (bicyclic) bond motifs is 5. The molecule has 0 radical (unpaired) electrons. The number of alkyl halides is 3. The molecule has 4 saturated carbocycles. The van der Waals surface area contributed by atoms with Gasteiger partial charge in [-0.05, 0) is 97.7 Å². The maximum atomic E-state index is 12.4. The second-order valence-corrected chi connectivity index (χ2v) is 12.0. The van der Waals surface area contributed by atoms with Crippen LogP contribution in [0.15, 0.2) is 0 Å². The molecule has 0 bridgehead atoms. The number of hydrogen-bond donors (Lipinski definition) is 1. The maximum absolute atomic E-state index is 12.4. The van der Waals surface area contributed by atoms with E-state index in [0.717, 1.165) is 31.1 Å². The molecular formula is C26H40F3NO2. The van der Waals surface area contributed by atoms with E-state index in [-0.39, 0.29) is 11.8 Å². The number of halogens is 3. The van der Waals surface area contributed by atoms with Gasteiger partial charge in [0.1, 0.15) is 12.3 Å². The van der Waals surface area contributed by atoms with E-state index in [1.807, 2.05) is 5.32 Å². The van der Waals surface area contributed by atoms with Crippen LogP contribution in [0.25, 0.3) is 0 Å². The molecule has 4 rings (SSSR count). The molecule has 4 aliphatic rings. The summed E-state index contributed by atoms with van der Waals surface area (Å²) in [6.45, 7) is 5.90. The minimum absolute atomic E-state index is 0.175. The lowest BCUT2D eigenvalue weighted by molar-refractivity contribution is -0.140. The van der Waals surface area contributed by atoms with Gasteiger partial charge in [0.25, 0.3) is 0 Å². The molecule has 0 aromatic carbocycles. The molecule has 8 unspecified atom stereocenters. The number of rotatable bonds is 5. The van der Waals surface area contributed by atoms with E-state index in [4.69, 9.17) is 0 Å². The van der Waals surface area contributed by atoms with Crippen molar-refractivity contribution in [2.45, 2.75) is 97.6 Å². The standard InChI is InChI=1S/C26H40F3NO2/c1-16(4-9-23(32)30-15-26(27,28)29)20-7-8-21-19-6-5-17-14-18(31)10-12-24(17,2)22(19)11-13-25(20,21)3/h16-17,19-22H,4-15H2,1-3H3,(H,30,32). The van der Waals surface area contributed by atoms with Crippen LogP contribution in [0.2, 0.25) is 0 Å². The van der Waals surface area contributed by atoms with Crippen LogP contribution in [0.4, 0.5) is 13.2 Å². The van der Waals surface area contributed by atoms with E-state index in [9.17, 15) is 22.8 Å². The third-order valence-corrected chi connectivity index (χ3v) is 10.6. The van der Waals surface area contributed by atoms with Gasteiger partial charge in [-0.1, -0.05) is 20.8 Å². The minimum atomic E-state index is -4.35. The SMILES string of the molecule is CC(CCC(=O)NCC(F)(F)F)C1CCC2C3CCC4CC(=O)CCC4(C)C3CCC12C. The van der Waals surface area contributed by atoms with Gasteiger partial charge >= 0.3 is 6.18 Å². The third kappa shape index (κ3) is 4.36. The van der Waals surface area contributed by atoms with Crippen LogP contribution in [0.1, 0.15) is 91.4 Å². The van der Waals surface area contributed by atoms with Gasteiger partial charge in [-0.25, -0.2) is 0 Å². The first-order valence-corrected chi connectivity index (χ1v) is 12.8. The number of amides is 1. The van der Waals surface area contributed by atoms with Crippen LogP contribution in [-0.4, -0.2) is 24.4 Å². The van der Waals surface area contributed by atoms with Gasteiger partial charge in [0, 0.05) is 19.3 Å².